The molecular formula is C89H158Cl6K2N4O23P2. The minimum absolute atomic E-state index is 0. The predicted molar refractivity (Wildman–Crippen MR) is 496 cm³/mol. The number of ether oxygens (including phenoxy) is 9. The Balaban J connectivity index is -0.000000692. The van der Waals surface area contributed by atoms with Gasteiger partial charge in [-0.1, -0.05) is 313 Å². The fourth-order valence-electron chi connectivity index (χ4n) is 13.3. The van der Waals surface area contributed by atoms with E-state index in [1.807, 2.05) is 0 Å². The Bertz CT molecular complexity index is 2860. The Morgan fingerprint density at radius 1 is 0.508 bits per heavy atom. The van der Waals surface area contributed by atoms with Crippen molar-refractivity contribution in [2.45, 2.75) is 378 Å². The number of nitriles is 1. The van der Waals surface area contributed by atoms with Crippen LogP contribution < -0.4 is 119 Å². The van der Waals surface area contributed by atoms with Crippen LogP contribution >= 0.6 is 85.3 Å². The number of alkyl halides is 6. The molecule has 2 aliphatic rings. The molecule has 126 heavy (non-hydrogen) atoms. The first kappa shape index (κ1) is 133. The zero-order valence-electron chi connectivity index (χ0n) is 78.8. The number of nitrogens with zero attached hydrogens (tertiary/aromatic N) is 1. The number of phosphoric acid groups is 2. The predicted octanol–water partition coefficient (Wildman–Crippen LogP) is 16.7. The van der Waals surface area contributed by atoms with Gasteiger partial charge in [-0.25, -0.2) is 9.13 Å². The van der Waals surface area contributed by atoms with Crippen LogP contribution in [-0.4, -0.2) is 192 Å². The van der Waals surface area contributed by atoms with Crippen molar-refractivity contribution in [3.8, 4) is 6.07 Å². The van der Waals surface area contributed by atoms with Gasteiger partial charge in [0.05, 0.1) is 51.8 Å². The van der Waals surface area contributed by atoms with E-state index in [4.69, 9.17) is 160 Å². The van der Waals surface area contributed by atoms with Crippen molar-refractivity contribution in [3.05, 3.63) is 74.9 Å². The summed E-state index contributed by atoms with van der Waals surface area (Å²) in [5.74, 6) is -1.29. The van der Waals surface area contributed by atoms with Crippen LogP contribution in [0.3, 0.4) is 0 Å². The fraction of sp³-hybridized carbons (Fsp3) is 0.809. The van der Waals surface area contributed by atoms with Crippen molar-refractivity contribution in [1.29, 1.82) is 10.7 Å². The normalized spacial score (nSPS) is 19.3. The minimum Gasteiger partial charge on any atom is -1.00 e. The average molecular weight is 2010 g/mol. The Kier molecular flexibility index (Phi) is 94.5. The number of phosphoric ester groups is 2. The zero-order valence-corrected chi connectivity index (χ0v) is 90.4. The number of nitrogens with one attached hydrogen (secondary N) is 3. The number of amides is 2. The van der Waals surface area contributed by atoms with Crippen molar-refractivity contribution in [1.82, 2.24) is 10.6 Å². The van der Waals surface area contributed by atoms with Gasteiger partial charge >= 0.3 is 118 Å². The van der Waals surface area contributed by atoms with Gasteiger partial charge in [-0.15, -0.1) is 26.3 Å². The quantitative estimate of drug-likeness (QED) is 0.00420. The molecule has 4 N–H and O–H groups in total. The Morgan fingerprint density at radius 2 is 0.810 bits per heavy atom. The third kappa shape index (κ3) is 72.0. The molecular weight excluding hydrogens is 1850 g/mol. The van der Waals surface area contributed by atoms with Crippen molar-refractivity contribution >= 4 is 109 Å². The van der Waals surface area contributed by atoms with E-state index < -0.39 is 90.4 Å². The molecule has 0 aromatic heterocycles. The molecule has 2 amide bonds. The van der Waals surface area contributed by atoms with Gasteiger partial charge in [-0.05, 0) is 89.9 Å². The second-order valence-electron chi connectivity index (χ2n) is 30.4. The smallest absolute Gasteiger partial charge is 1.00 e. The summed E-state index contributed by atoms with van der Waals surface area (Å²) in [7, 11) is -2.24. The first-order chi connectivity index (χ1) is 59.6. The molecule has 0 radical (unpaired) electrons. The maximum absolute atomic E-state index is 14.1. The number of halogens is 6. The molecule has 0 bridgehead atoms. The summed E-state index contributed by atoms with van der Waals surface area (Å²) in [6.45, 7) is 23.0. The molecule has 2 heterocycles. The Morgan fingerprint density at radius 3 is 1.12 bits per heavy atom. The number of hydrogen-bond acceptors (Lipinski definition) is 25. The second-order valence-corrected chi connectivity index (χ2v) is 38.2. The summed E-state index contributed by atoms with van der Waals surface area (Å²) in [4.78, 5) is 38.2. The van der Waals surface area contributed by atoms with Gasteiger partial charge in [-0.2, -0.15) is 5.26 Å². The van der Waals surface area contributed by atoms with Crippen LogP contribution in [0.1, 0.15) is 299 Å². The molecule has 0 aromatic carbocycles. The number of carbonyl (C=O) groups is 3. The molecule has 0 aromatic rings. The van der Waals surface area contributed by atoms with Gasteiger partial charge in [0, 0.05) is 54.5 Å². The van der Waals surface area contributed by atoms with Crippen molar-refractivity contribution in [3.63, 3.8) is 0 Å². The van der Waals surface area contributed by atoms with Crippen LogP contribution in [0.4, 0.5) is 0 Å². The van der Waals surface area contributed by atoms with Gasteiger partial charge in [0.25, 0.3) is 14.1 Å². The van der Waals surface area contributed by atoms with Gasteiger partial charge in [0.1, 0.15) is 54.8 Å². The van der Waals surface area contributed by atoms with Crippen LogP contribution in [0.25, 0.3) is 0 Å². The topological polar surface area (TPSA) is 348 Å². The molecule has 27 nitrogen and oxygen atoms in total. The number of aliphatic hydroxyl groups excluding tert-OH is 1. The second kappa shape index (κ2) is 89.5. The molecule has 0 unspecified atom stereocenters. The number of carbonyl (C=O) groups excluding carboxylic acids is 3. The van der Waals surface area contributed by atoms with Crippen LogP contribution in [-0.2, 0) is 98.2 Å². The summed E-state index contributed by atoms with van der Waals surface area (Å²) in [5.41, 5.74) is 0. The first-order valence-electron chi connectivity index (χ1n) is 44.9. The number of hydrogen-bond donors (Lipinski definition) is 4. The number of aliphatic hydroxyl groups is 1. The van der Waals surface area contributed by atoms with E-state index >= 15 is 0 Å². The third-order valence-corrected chi connectivity index (χ3v) is 23.6. The molecule has 0 aliphatic carbocycles. The molecule has 2 fully saturated rings. The van der Waals surface area contributed by atoms with Gasteiger partial charge < -0.3 is 69.9 Å². The van der Waals surface area contributed by atoms with Crippen LogP contribution in [0.15, 0.2) is 74.9 Å². The standard InChI is InChI=1S/C44H78Cl3N2O10P.C42H78NO10P.C2Cl3N.CH2O3.2K.H/c1-7-11-13-15-16-17-18-19-20-21-22-23-24-26-28-30-38(50)49-39-41(54-34-31-36(53-6)29-27-25-14-12-8-2)40(59-60(51,55-32-9-3)56-33-10-4)37(35-52-5)57-42(39)58-43(48)44(45,46)47;1-7-11-13-15-16-17-18-19-20-21-22-23-24-26-28-30-38(44)43-39-41(49-34-31-36(48-6)29-27-25-14-12-8-2)40(37(35-47-5)52-42(39)45)53-54(46,50-32-9-3)51-33-10-4;3-2(4,5)1-6;2-1-4-3;;;/h9-10,17-18,36-37,39-42,48H,3-4,7-8,11-16,19-35H2,1-2,5-6H3,(H,49,50);9-10,17-18,36-37,39-42,45H,3-4,7-8,11-16,19-35H2,1-2,5-6H3,(H,43,44);;1,3H;;;/q;;;;2*+1;-1/p-1/b18-17-,48-43?;18-17-;;;;;/t36-,37-,39-,40-,41-,42+;36-,37-,39-,40-,41-,42-;;;;;/m11...../s1. The molecule has 2 aliphatic heterocycles. The monoisotopic (exact) mass is 2000 g/mol. The molecule has 2 rings (SSSR count). The average Bonchev–Trinajstić information content (AvgIpc) is 0.789. The van der Waals surface area contributed by atoms with E-state index in [9.17, 15) is 23.8 Å². The minimum atomic E-state index is -4.33. The fourth-order valence-corrected chi connectivity index (χ4v) is 16.1. The molecule has 0 saturated carbocycles. The van der Waals surface area contributed by atoms with E-state index in [1.165, 1.54) is 167 Å². The van der Waals surface area contributed by atoms with Crippen LogP contribution in [0.5, 0.6) is 0 Å². The van der Waals surface area contributed by atoms with Crippen LogP contribution in [0.2, 0.25) is 0 Å². The zero-order chi connectivity index (χ0) is 92.8. The molecule has 0 spiro atoms. The molecule has 2 saturated heterocycles. The number of unbranched alkanes of at least 4 members (excludes halogenated alkanes) is 30. The van der Waals surface area contributed by atoms with Gasteiger partial charge in [0.2, 0.25) is 24.0 Å². The molecule has 12 atom stereocenters. The van der Waals surface area contributed by atoms with Crippen molar-refractivity contribution < 1.29 is 213 Å². The summed E-state index contributed by atoms with van der Waals surface area (Å²) in [6, 6.07) is -0.767. The number of allylic oxidation sites excluding steroid dienone is 4. The Labute approximate surface area is 874 Å². The summed E-state index contributed by atoms with van der Waals surface area (Å²) < 4.78 is 112. The third-order valence-electron chi connectivity index (χ3n) is 19.9. The largest absolute Gasteiger partial charge is 1.00 e. The van der Waals surface area contributed by atoms with E-state index in [0.717, 1.165) is 116 Å². The van der Waals surface area contributed by atoms with Crippen LogP contribution in [0, 0.1) is 16.7 Å². The van der Waals surface area contributed by atoms with Crippen molar-refractivity contribution in [2.24, 2.45) is 0 Å². The summed E-state index contributed by atoms with van der Waals surface area (Å²) >= 11 is 32.8. The maximum atomic E-state index is 14.1. The molecule has 726 valence electrons. The SMILES string of the molecule is C=CCOP(=O)(OCC=C)O[C@H]1[C@H](OCC[C@@H](CCCCCCC)OC)[C@@H](NC(=O)CCCCCCCCC/C=C\CCCCCC)[C@H](O)O[C@@H]1COC.C=CCOP(=O)(OCC=C)O[C@H]1[C@H](OCC[C@@H](CCCCCCC)OC)[C@@H](NC(=O)CCCCCCCCC/C=C\CCCCCC)[C@H](OC(=N)C(Cl)(Cl)Cl)O[C@@H]1COC.N#CC(Cl)(Cl)Cl.O=CO[O-].[H-].[K+].[K+]. The number of methoxy groups -OCH3 is 4. The van der Waals surface area contributed by atoms with E-state index in [0.29, 0.717) is 25.7 Å². The molecule has 37 heteroatoms. The van der Waals surface area contributed by atoms with E-state index in [1.54, 1.807) is 14.2 Å². The van der Waals surface area contributed by atoms with Gasteiger partial charge in [0.15, 0.2) is 6.29 Å². The van der Waals surface area contributed by atoms with E-state index in [-0.39, 0.29) is 194 Å². The maximum Gasteiger partial charge on any atom is 1.00 e. The van der Waals surface area contributed by atoms with Gasteiger partial charge in [-0.3, -0.25) is 46.9 Å². The Hall–Kier alpha value is 0.643. The van der Waals surface area contributed by atoms with Crippen molar-refractivity contribution in [2.75, 3.05) is 81.3 Å². The van der Waals surface area contributed by atoms with E-state index in [2.05, 4.69) is 93.8 Å². The number of rotatable bonds is 76. The summed E-state index contributed by atoms with van der Waals surface area (Å²) in [5, 5.41) is 41.7. The first-order valence-corrected chi connectivity index (χ1v) is 50.1. The summed E-state index contributed by atoms with van der Waals surface area (Å²) in [6.07, 6.45) is 50.2.